The lowest BCUT2D eigenvalue weighted by Crippen LogP contribution is -2.42. The van der Waals surface area contributed by atoms with Gasteiger partial charge in [0.1, 0.15) is 6.04 Å². The Morgan fingerprint density at radius 3 is 2.50 bits per heavy atom. The van der Waals surface area contributed by atoms with E-state index in [0.717, 1.165) is 6.42 Å². The first-order valence-corrected chi connectivity index (χ1v) is 5.40. The summed E-state index contributed by atoms with van der Waals surface area (Å²) < 4.78 is 4.81. The van der Waals surface area contributed by atoms with Gasteiger partial charge in [-0.1, -0.05) is 13.8 Å². The molecule has 0 aromatic rings. The van der Waals surface area contributed by atoms with Crippen LogP contribution >= 0.6 is 0 Å². The smallest absolute Gasteiger partial charge is 0.326 e. The third kappa shape index (κ3) is 3.20. The van der Waals surface area contributed by atoms with Crippen molar-refractivity contribution < 1.29 is 19.4 Å². The first-order valence-electron chi connectivity index (χ1n) is 5.40. The molecule has 0 radical (unpaired) electrons. The lowest BCUT2D eigenvalue weighted by atomic mass is 10.1. The van der Waals surface area contributed by atoms with Crippen LogP contribution in [0.5, 0.6) is 0 Å². The van der Waals surface area contributed by atoms with Crippen molar-refractivity contribution in [1.29, 1.82) is 0 Å². The Kier molecular flexibility index (Phi) is 3.91. The molecule has 0 bridgehead atoms. The van der Waals surface area contributed by atoms with E-state index in [9.17, 15) is 9.59 Å². The van der Waals surface area contributed by atoms with Gasteiger partial charge in [0.25, 0.3) is 0 Å². The van der Waals surface area contributed by atoms with Crippen LogP contribution in [0.25, 0.3) is 0 Å². The number of nitrogens with one attached hydrogen (secondary N) is 1. The number of hydrogen-bond donors (Lipinski definition) is 2. The summed E-state index contributed by atoms with van der Waals surface area (Å²) in [7, 11) is 1.50. The molecule has 0 heterocycles. The molecule has 0 spiro atoms. The van der Waals surface area contributed by atoms with Gasteiger partial charge in [-0.2, -0.15) is 0 Å². The summed E-state index contributed by atoms with van der Waals surface area (Å²) >= 11 is 0. The Labute approximate surface area is 95.2 Å². The van der Waals surface area contributed by atoms with Gasteiger partial charge in [0, 0.05) is 26.1 Å². The van der Waals surface area contributed by atoms with E-state index in [1.807, 2.05) is 13.8 Å². The Bertz CT molecular complexity index is 288. The van der Waals surface area contributed by atoms with E-state index in [-0.39, 0.29) is 17.2 Å². The Morgan fingerprint density at radius 1 is 1.56 bits per heavy atom. The maximum atomic E-state index is 11.7. The van der Waals surface area contributed by atoms with Crippen LogP contribution in [0.2, 0.25) is 0 Å². The molecule has 16 heavy (non-hydrogen) atoms. The minimum atomic E-state index is -1.01. The molecular formula is C11H19NO4. The van der Waals surface area contributed by atoms with E-state index in [1.54, 1.807) is 0 Å². The number of aliphatic carboxylic acids is 1. The van der Waals surface area contributed by atoms with Gasteiger partial charge in [0.15, 0.2) is 0 Å². The second kappa shape index (κ2) is 4.82. The number of ether oxygens (including phenoxy) is 1. The number of carbonyl (C=O) groups is 2. The number of hydrogen-bond acceptors (Lipinski definition) is 3. The summed E-state index contributed by atoms with van der Waals surface area (Å²) in [4.78, 5) is 22.6. The molecule has 1 saturated carbocycles. The molecule has 1 rings (SSSR count). The van der Waals surface area contributed by atoms with Crippen LogP contribution < -0.4 is 5.32 Å². The zero-order valence-corrected chi connectivity index (χ0v) is 9.95. The van der Waals surface area contributed by atoms with Crippen LogP contribution in [0.1, 0.15) is 26.7 Å². The summed E-state index contributed by atoms with van der Waals surface area (Å²) in [6.45, 7) is 4.33. The van der Waals surface area contributed by atoms with Gasteiger partial charge in [0.05, 0.1) is 0 Å². The second-order valence-corrected chi connectivity index (χ2v) is 4.93. The molecule has 0 aromatic carbocycles. The topological polar surface area (TPSA) is 75.6 Å². The van der Waals surface area contributed by atoms with Gasteiger partial charge >= 0.3 is 5.97 Å². The minimum Gasteiger partial charge on any atom is -0.480 e. The number of rotatable bonds is 6. The molecule has 1 aliphatic carbocycles. The SMILES string of the molecule is COCCC(NC(=O)[C@H]1CC1(C)C)C(=O)O. The molecule has 1 aliphatic rings. The Morgan fingerprint density at radius 2 is 2.12 bits per heavy atom. The number of carboxylic acid groups (broad SMARTS) is 1. The standard InChI is InChI=1S/C11H19NO4/c1-11(2)6-7(11)9(13)12-8(10(14)15)4-5-16-3/h7-8H,4-6H2,1-3H3,(H,12,13)(H,14,15)/t7-,8?/m1/s1. The fourth-order valence-corrected chi connectivity index (χ4v) is 1.68. The zero-order valence-electron chi connectivity index (χ0n) is 9.95. The molecular weight excluding hydrogens is 210 g/mol. The summed E-state index contributed by atoms with van der Waals surface area (Å²) in [5, 5.41) is 11.5. The molecule has 1 unspecified atom stereocenters. The molecule has 2 N–H and O–H groups in total. The van der Waals surface area contributed by atoms with Crippen molar-refractivity contribution in [2.24, 2.45) is 11.3 Å². The van der Waals surface area contributed by atoms with Gasteiger partial charge < -0.3 is 15.2 Å². The highest BCUT2D eigenvalue weighted by Gasteiger charge is 2.51. The highest BCUT2D eigenvalue weighted by Crippen LogP contribution is 2.51. The van der Waals surface area contributed by atoms with Crippen LogP contribution in [0.4, 0.5) is 0 Å². The lowest BCUT2D eigenvalue weighted by Gasteiger charge is -2.14. The zero-order chi connectivity index (χ0) is 12.3. The van der Waals surface area contributed by atoms with Crippen LogP contribution in [-0.4, -0.2) is 36.7 Å². The van der Waals surface area contributed by atoms with Gasteiger partial charge in [-0.25, -0.2) is 4.79 Å². The predicted molar refractivity (Wildman–Crippen MR) is 57.9 cm³/mol. The van der Waals surface area contributed by atoms with Crippen LogP contribution in [0, 0.1) is 11.3 Å². The lowest BCUT2D eigenvalue weighted by molar-refractivity contribution is -0.142. The van der Waals surface area contributed by atoms with Crippen LogP contribution in [-0.2, 0) is 14.3 Å². The van der Waals surface area contributed by atoms with E-state index in [1.165, 1.54) is 7.11 Å². The fraction of sp³-hybridized carbons (Fsp3) is 0.818. The maximum absolute atomic E-state index is 11.7. The average molecular weight is 229 g/mol. The van der Waals surface area contributed by atoms with E-state index in [0.29, 0.717) is 13.0 Å². The second-order valence-electron chi connectivity index (χ2n) is 4.93. The molecule has 2 atom stereocenters. The number of methoxy groups -OCH3 is 1. The molecule has 0 aliphatic heterocycles. The molecule has 1 amide bonds. The molecule has 0 aromatic heterocycles. The molecule has 92 valence electrons. The molecule has 5 heteroatoms. The predicted octanol–water partition coefficient (Wildman–Crippen LogP) is 0.638. The number of carboxylic acids is 1. The van der Waals surface area contributed by atoms with Crippen molar-refractivity contribution in [1.82, 2.24) is 5.32 Å². The Balaban J connectivity index is 2.43. The molecule has 0 saturated heterocycles. The van der Waals surface area contributed by atoms with Crippen LogP contribution in [0.15, 0.2) is 0 Å². The first-order chi connectivity index (χ1) is 7.38. The number of amides is 1. The third-order valence-electron chi connectivity index (χ3n) is 3.06. The summed E-state index contributed by atoms with van der Waals surface area (Å²) in [5.41, 5.74) is 0.0222. The summed E-state index contributed by atoms with van der Waals surface area (Å²) in [5.74, 6) is -1.21. The molecule has 5 nitrogen and oxygen atoms in total. The highest BCUT2D eigenvalue weighted by atomic mass is 16.5. The summed E-state index contributed by atoms with van der Waals surface area (Å²) in [6, 6.07) is -0.844. The van der Waals surface area contributed by atoms with E-state index in [4.69, 9.17) is 9.84 Å². The van der Waals surface area contributed by atoms with Gasteiger partial charge in [-0.05, 0) is 11.8 Å². The summed E-state index contributed by atoms with van der Waals surface area (Å²) in [6.07, 6.45) is 1.13. The minimum absolute atomic E-state index is 0.0222. The monoisotopic (exact) mass is 229 g/mol. The quantitative estimate of drug-likeness (QED) is 0.700. The fourth-order valence-electron chi connectivity index (χ4n) is 1.68. The number of carbonyl (C=O) groups excluding carboxylic acids is 1. The third-order valence-corrected chi connectivity index (χ3v) is 3.06. The van der Waals surface area contributed by atoms with E-state index < -0.39 is 12.0 Å². The van der Waals surface area contributed by atoms with Crippen molar-refractivity contribution in [3.05, 3.63) is 0 Å². The van der Waals surface area contributed by atoms with E-state index in [2.05, 4.69) is 5.32 Å². The average Bonchev–Trinajstić information content (AvgIpc) is 2.81. The molecule has 1 fully saturated rings. The maximum Gasteiger partial charge on any atom is 0.326 e. The van der Waals surface area contributed by atoms with Crippen molar-refractivity contribution >= 4 is 11.9 Å². The largest absolute Gasteiger partial charge is 0.480 e. The Hall–Kier alpha value is -1.10. The van der Waals surface area contributed by atoms with Crippen LogP contribution in [0.3, 0.4) is 0 Å². The van der Waals surface area contributed by atoms with Gasteiger partial charge in [-0.3, -0.25) is 4.79 Å². The van der Waals surface area contributed by atoms with Crippen molar-refractivity contribution in [2.45, 2.75) is 32.7 Å². The van der Waals surface area contributed by atoms with Gasteiger partial charge in [0.2, 0.25) is 5.91 Å². The highest BCUT2D eigenvalue weighted by molar-refractivity contribution is 5.87. The van der Waals surface area contributed by atoms with Gasteiger partial charge in [-0.15, -0.1) is 0 Å². The first kappa shape index (κ1) is 13.0. The van der Waals surface area contributed by atoms with Crippen molar-refractivity contribution in [3.8, 4) is 0 Å². The van der Waals surface area contributed by atoms with Crippen molar-refractivity contribution in [2.75, 3.05) is 13.7 Å². The normalized spacial score (nSPS) is 23.6. The van der Waals surface area contributed by atoms with Crippen molar-refractivity contribution in [3.63, 3.8) is 0 Å². The van der Waals surface area contributed by atoms with E-state index >= 15 is 0 Å².